The van der Waals surface area contributed by atoms with Crippen molar-refractivity contribution < 1.29 is 4.79 Å². The molecule has 3 heteroatoms. The zero-order chi connectivity index (χ0) is 14.8. The van der Waals surface area contributed by atoms with Crippen LogP contribution in [0.3, 0.4) is 0 Å². The first-order chi connectivity index (χ1) is 9.48. The normalized spacial score (nSPS) is 17.8. The SMILES string of the molecule is CCC1(C(=O)Nc2c(C)cc(C)cc2C)CCNCC1. The van der Waals surface area contributed by atoms with Crippen LogP contribution in [0.1, 0.15) is 42.9 Å². The van der Waals surface area contributed by atoms with Crippen molar-refractivity contribution in [3.8, 4) is 0 Å². The Balaban J connectivity index is 2.23. The van der Waals surface area contributed by atoms with E-state index in [1.165, 1.54) is 5.56 Å². The van der Waals surface area contributed by atoms with Gasteiger partial charge in [0.05, 0.1) is 5.41 Å². The van der Waals surface area contributed by atoms with Crippen molar-refractivity contribution in [2.75, 3.05) is 18.4 Å². The molecular formula is C17H26N2O. The highest BCUT2D eigenvalue weighted by atomic mass is 16.2. The number of hydrogen-bond donors (Lipinski definition) is 2. The fourth-order valence-electron chi connectivity index (χ4n) is 3.27. The minimum atomic E-state index is -0.199. The lowest BCUT2D eigenvalue weighted by molar-refractivity contribution is -0.127. The number of rotatable bonds is 3. The van der Waals surface area contributed by atoms with Gasteiger partial charge in [0.15, 0.2) is 0 Å². The molecule has 1 aromatic carbocycles. The Morgan fingerprint density at radius 2 is 1.75 bits per heavy atom. The quantitative estimate of drug-likeness (QED) is 0.887. The number of piperidine rings is 1. The summed E-state index contributed by atoms with van der Waals surface area (Å²) in [6.07, 6.45) is 2.77. The minimum absolute atomic E-state index is 0.191. The van der Waals surface area contributed by atoms with Crippen molar-refractivity contribution in [1.82, 2.24) is 5.32 Å². The molecule has 0 atom stereocenters. The lowest BCUT2D eigenvalue weighted by atomic mass is 9.75. The third kappa shape index (κ3) is 2.88. The summed E-state index contributed by atoms with van der Waals surface area (Å²) in [6.45, 7) is 10.2. The number of carbonyl (C=O) groups is 1. The molecule has 1 aliphatic rings. The number of hydrogen-bond acceptors (Lipinski definition) is 2. The molecule has 0 saturated carbocycles. The van der Waals surface area contributed by atoms with E-state index < -0.39 is 0 Å². The molecule has 0 aliphatic carbocycles. The summed E-state index contributed by atoms with van der Waals surface area (Å²) in [5.74, 6) is 0.191. The molecule has 1 aliphatic heterocycles. The zero-order valence-electron chi connectivity index (χ0n) is 13.1. The lowest BCUT2D eigenvalue weighted by Crippen LogP contribution is -2.44. The van der Waals surface area contributed by atoms with Gasteiger partial charge in [0, 0.05) is 5.69 Å². The molecule has 110 valence electrons. The lowest BCUT2D eigenvalue weighted by Gasteiger charge is -2.35. The summed E-state index contributed by atoms with van der Waals surface area (Å²) >= 11 is 0. The molecule has 2 N–H and O–H groups in total. The highest BCUT2D eigenvalue weighted by Crippen LogP contribution is 2.35. The average Bonchev–Trinajstić information content (AvgIpc) is 2.43. The van der Waals surface area contributed by atoms with Crippen LogP contribution in [0.15, 0.2) is 12.1 Å². The fraction of sp³-hybridized carbons (Fsp3) is 0.588. The molecule has 1 fully saturated rings. The van der Waals surface area contributed by atoms with Crippen molar-refractivity contribution >= 4 is 11.6 Å². The van der Waals surface area contributed by atoms with E-state index in [2.05, 4.69) is 50.5 Å². The van der Waals surface area contributed by atoms with Gasteiger partial charge in [-0.1, -0.05) is 24.6 Å². The number of nitrogens with one attached hydrogen (secondary N) is 2. The van der Waals surface area contributed by atoms with Crippen molar-refractivity contribution in [3.63, 3.8) is 0 Å². The highest BCUT2D eigenvalue weighted by molar-refractivity contribution is 5.96. The fourth-order valence-corrected chi connectivity index (χ4v) is 3.27. The van der Waals surface area contributed by atoms with E-state index in [1.807, 2.05) is 0 Å². The van der Waals surface area contributed by atoms with Gasteiger partial charge in [0.25, 0.3) is 0 Å². The Hall–Kier alpha value is -1.35. The Kier molecular flexibility index (Phi) is 4.48. The van der Waals surface area contributed by atoms with Crippen LogP contribution in [0.25, 0.3) is 0 Å². The maximum Gasteiger partial charge on any atom is 0.230 e. The van der Waals surface area contributed by atoms with Gasteiger partial charge in [-0.15, -0.1) is 0 Å². The number of benzene rings is 1. The molecule has 3 nitrogen and oxygen atoms in total. The van der Waals surface area contributed by atoms with Gasteiger partial charge in [-0.25, -0.2) is 0 Å². The largest absolute Gasteiger partial charge is 0.325 e. The molecular weight excluding hydrogens is 248 g/mol. The van der Waals surface area contributed by atoms with Crippen LogP contribution < -0.4 is 10.6 Å². The number of carbonyl (C=O) groups excluding carboxylic acids is 1. The predicted octanol–water partition coefficient (Wildman–Crippen LogP) is 3.33. The summed E-state index contributed by atoms with van der Waals surface area (Å²) in [7, 11) is 0. The second kappa shape index (κ2) is 5.96. The van der Waals surface area contributed by atoms with Gasteiger partial charge >= 0.3 is 0 Å². The monoisotopic (exact) mass is 274 g/mol. The molecule has 0 spiro atoms. The van der Waals surface area contributed by atoms with Crippen LogP contribution >= 0.6 is 0 Å². The van der Waals surface area contributed by atoms with Gasteiger partial charge in [-0.2, -0.15) is 0 Å². The first kappa shape index (κ1) is 15.0. The number of anilines is 1. The van der Waals surface area contributed by atoms with Gasteiger partial charge in [0.1, 0.15) is 0 Å². The van der Waals surface area contributed by atoms with Crippen molar-refractivity contribution in [3.05, 3.63) is 28.8 Å². The Morgan fingerprint density at radius 3 is 2.25 bits per heavy atom. The average molecular weight is 274 g/mol. The van der Waals surface area contributed by atoms with Crippen LogP contribution in [0.5, 0.6) is 0 Å². The highest BCUT2D eigenvalue weighted by Gasteiger charge is 2.37. The van der Waals surface area contributed by atoms with Gasteiger partial charge < -0.3 is 10.6 Å². The van der Waals surface area contributed by atoms with Gasteiger partial charge in [-0.05, 0) is 64.3 Å². The zero-order valence-corrected chi connectivity index (χ0v) is 13.1. The summed E-state index contributed by atoms with van der Waals surface area (Å²) < 4.78 is 0. The number of amides is 1. The maximum absolute atomic E-state index is 12.8. The van der Waals surface area contributed by atoms with E-state index >= 15 is 0 Å². The molecule has 0 radical (unpaired) electrons. The minimum Gasteiger partial charge on any atom is -0.325 e. The van der Waals surface area contributed by atoms with E-state index in [9.17, 15) is 4.79 Å². The van der Waals surface area contributed by atoms with E-state index in [-0.39, 0.29) is 11.3 Å². The van der Waals surface area contributed by atoms with Crippen molar-refractivity contribution in [2.24, 2.45) is 5.41 Å². The van der Waals surface area contributed by atoms with Crippen LogP contribution in [-0.2, 0) is 4.79 Å². The second-order valence-corrected chi connectivity index (χ2v) is 6.11. The molecule has 0 unspecified atom stereocenters. The molecule has 1 saturated heterocycles. The van der Waals surface area contributed by atoms with Crippen LogP contribution in [0.4, 0.5) is 5.69 Å². The summed E-state index contributed by atoms with van der Waals surface area (Å²) in [6, 6.07) is 4.26. The summed E-state index contributed by atoms with van der Waals surface area (Å²) in [5, 5.41) is 6.54. The molecule has 0 bridgehead atoms. The van der Waals surface area contributed by atoms with Gasteiger partial charge in [0.2, 0.25) is 5.91 Å². The molecule has 1 amide bonds. The van der Waals surface area contributed by atoms with Crippen molar-refractivity contribution in [2.45, 2.75) is 47.0 Å². The third-order valence-corrected chi connectivity index (χ3v) is 4.63. The van der Waals surface area contributed by atoms with Crippen LogP contribution in [0.2, 0.25) is 0 Å². The predicted molar refractivity (Wildman–Crippen MR) is 84.1 cm³/mol. The standard InChI is InChI=1S/C17H26N2O/c1-5-17(6-8-18-9-7-17)16(20)19-15-13(3)10-12(2)11-14(15)4/h10-11,18H,5-9H2,1-4H3,(H,19,20). The molecule has 20 heavy (non-hydrogen) atoms. The Bertz CT molecular complexity index is 479. The van der Waals surface area contributed by atoms with E-state index in [0.717, 1.165) is 49.2 Å². The Morgan fingerprint density at radius 1 is 1.20 bits per heavy atom. The second-order valence-electron chi connectivity index (χ2n) is 6.11. The van der Waals surface area contributed by atoms with E-state index in [0.29, 0.717) is 0 Å². The Labute approximate surface area is 122 Å². The smallest absolute Gasteiger partial charge is 0.230 e. The summed E-state index contributed by atoms with van der Waals surface area (Å²) in [4.78, 5) is 12.8. The molecule has 1 heterocycles. The van der Waals surface area contributed by atoms with Crippen LogP contribution in [0, 0.1) is 26.2 Å². The summed E-state index contributed by atoms with van der Waals surface area (Å²) in [5.41, 5.74) is 4.33. The van der Waals surface area contributed by atoms with Gasteiger partial charge in [-0.3, -0.25) is 4.79 Å². The first-order valence-corrected chi connectivity index (χ1v) is 7.58. The number of aryl methyl sites for hydroxylation is 3. The molecule has 1 aromatic rings. The van der Waals surface area contributed by atoms with Crippen molar-refractivity contribution in [1.29, 1.82) is 0 Å². The molecule has 2 rings (SSSR count). The van der Waals surface area contributed by atoms with Crippen LogP contribution in [-0.4, -0.2) is 19.0 Å². The first-order valence-electron chi connectivity index (χ1n) is 7.58. The van der Waals surface area contributed by atoms with E-state index in [4.69, 9.17) is 0 Å². The molecule has 0 aromatic heterocycles. The third-order valence-electron chi connectivity index (χ3n) is 4.63. The maximum atomic E-state index is 12.8. The topological polar surface area (TPSA) is 41.1 Å². The van der Waals surface area contributed by atoms with E-state index in [1.54, 1.807) is 0 Å².